The number of alkyl halides is 3. The van der Waals surface area contributed by atoms with E-state index < -0.39 is 30.0 Å². The predicted molar refractivity (Wildman–Crippen MR) is 53.2 cm³/mol. The fourth-order valence-electron chi connectivity index (χ4n) is 1.10. The molecule has 0 bridgehead atoms. The minimum absolute atomic E-state index is 0.171. The van der Waals surface area contributed by atoms with Crippen molar-refractivity contribution >= 4 is 15.9 Å². The molecule has 0 spiro atoms. The molecule has 0 radical (unpaired) electrons. The molecule has 3 N–H and O–H groups in total. The molecule has 0 saturated heterocycles. The number of H-pyrrole nitrogens is 1. The molecule has 1 aromatic heterocycles. The first-order valence-electron chi connectivity index (χ1n) is 4.05. The Hall–Kier alpha value is -1.09. The van der Waals surface area contributed by atoms with E-state index in [4.69, 9.17) is 5.73 Å². The Labute approximate surface area is 95.2 Å². The summed E-state index contributed by atoms with van der Waals surface area (Å²) in [7, 11) is 0. The summed E-state index contributed by atoms with van der Waals surface area (Å²) in [5.74, 6) is 0. The standard InChI is InChI=1S/C7H7BrF3N3O2/c8-3-2-14(6(16)13-5(3)15)4(1-12)7(9,10)11/h2,4H,1,12H2,(H,13,15,16). The number of hydrogen-bond acceptors (Lipinski definition) is 3. The molecule has 1 unspecified atom stereocenters. The Balaban J connectivity index is 3.38. The van der Waals surface area contributed by atoms with Crippen LogP contribution in [-0.4, -0.2) is 22.3 Å². The number of nitrogens with one attached hydrogen (secondary N) is 1. The monoisotopic (exact) mass is 301 g/mol. The second-order valence-electron chi connectivity index (χ2n) is 2.94. The first-order chi connectivity index (χ1) is 7.27. The molecule has 0 aromatic carbocycles. The molecule has 1 atom stereocenters. The zero-order valence-corrected chi connectivity index (χ0v) is 9.30. The van der Waals surface area contributed by atoms with E-state index in [1.54, 1.807) is 4.98 Å². The van der Waals surface area contributed by atoms with Gasteiger partial charge in [-0.3, -0.25) is 14.3 Å². The van der Waals surface area contributed by atoms with Crippen molar-refractivity contribution in [2.45, 2.75) is 12.2 Å². The lowest BCUT2D eigenvalue weighted by Gasteiger charge is -2.20. The molecule has 0 aliphatic rings. The molecule has 0 aliphatic carbocycles. The molecule has 16 heavy (non-hydrogen) atoms. The Morgan fingerprint density at radius 2 is 2.06 bits per heavy atom. The van der Waals surface area contributed by atoms with Crippen LogP contribution in [0.25, 0.3) is 0 Å². The van der Waals surface area contributed by atoms with E-state index in [1.807, 2.05) is 0 Å². The van der Waals surface area contributed by atoms with Gasteiger partial charge in [0.2, 0.25) is 0 Å². The van der Waals surface area contributed by atoms with Crippen LogP contribution in [0.15, 0.2) is 20.3 Å². The number of aromatic amines is 1. The summed E-state index contributed by atoms with van der Waals surface area (Å²) in [5.41, 5.74) is 3.02. The molecule has 1 heterocycles. The fraction of sp³-hybridized carbons (Fsp3) is 0.429. The Morgan fingerprint density at radius 1 is 1.50 bits per heavy atom. The van der Waals surface area contributed by atoms with Gasteiger partial charge >= 0.3 is 11.9 Å². The van der Waals surface area contributed by atoms with E-state index in [2.05, 4.69) is 15.9 Å². The molecule has 1 rings (SSSR count). The molecule has 1 aromatic rings. The lowest BCUT2D eigenvalue weighted by molar-refractivity contribution is -0.166. The normalized spacial score (nSPS) is 13.8. The first kappa shape index (κ1) is 13.0. The quantitative estimate of drug-likeness (QED) is 0.828. The Bertz CT molecular complexity index is 493. The third-order valence-electron chi connectivity index (χ3n) is 1.86. The lowest BCUT2D eigenvalue weighted by atomic mass is 10.3. The molecular formula is C7H7BrF3N3O2. The number of rotatable bonds is 2. The summed E-state index contributed by atoms with van der Waals surface area (Å²) in [6.07, 6.45) is -3.89. The van der Waals surface area contributed by atoms with Crippen LogP contribution in [-0.2, 0) is 0 Å². The number of nitrogens with zero attached hydrogens (tertiary/aromatic N) is 1. The van der Waals surface area contributed by atoms with Crippen molar-refractivity contribution in [3.63, 3.8) is 0 Å². The van der Waals surface area contributed by atoms with Crippen molar-refractivity contribution in [3.8, 4) is 0 Å². The van der Waals surface area contributed by atoms with Gasteiger partial charge in [0.25, 0.3) is 5.56 Å². The topological polar surface area (TPSA) is 80.9 Å². The van der Waals surface area contributed by atoms with Crippen LogP contribution in [0, 0.1) is 0 Å². The average Bonchev–Trinajstić information content (AvgIpc) is 2.12. The molecule has 5 nitrogen and oxygen atoms in total. The van der Waals surface area contributed by atoms with Gasteiger partial charge in [-0.2, -0.15) is 13.2 Å². The highest BCUT2D eigenvalue weighted by Crippen LogP contribution is 2.28. The highest BCUT2D eigenvalue weighted by atomic mass is 79.9. The average molecular weight is 302 g/mol. The van der Waals surface area contributed by atoms with E-state index in [-0.39, 0.29) is 4.47 Å². The van der Waals surface area contributed by atoms with Gasteiger partial charge in [-0.15, -0.1) is 0 Å². The largest absolute Gasteiger partial charge is 0.410 e. The smallest absolute Gasteiger partial charge is 0.328 e. The van der Waals surface area contributed by atoms with Crippen molar-refractivity contribution in [2.75, 3.05) is 6.54 Å². The minimum atomic E-state index is -4.66. The third-order valence-corrected chi connectivity index (χ3v) is 2.43. The van der Waals surface area contributed by atoms with Crippen LogP contribution >= 0.6 is 15.9 Å². The zero-order valence-electron chi connectivity index (χ0n) is 7.71. The first-order valence-corrected chi connectivity index (χ1v) is 4.84. The van der Waals surface area contributed by atoms with E-state index in [1.165, 1.54) is 0 Å². The molecule has 0 fully saturated rings. The minimum Gasteiger partial charge on any atom is -0.328 e. The van der Waals surface area contributed by atoms with Gasteiger partial charge in [-0.1, -0.05) is 0 Å². The van der Waals surface area contributed by atoms with E-state index in [0.717, 1.165) is 6.20 Å². The van der Waals surface area contributed by atoms with Crippen molar-refractivity contribution in [1.29, 1.82) is 0 Å². The molecule has 9 heteroatoms. The lowest BCUT2D eigenvalue weighted by Crippen LogP contribution is -2.41. The van der Waals surface area contributed by atoms with Crippen molar-refractivity contribution in [2.24, 2.45) is 5.73 Å². The molecule has 0 aliphatic heterocycles. The van der Waals surface area contributed by atoms with Crippen LogP contribution < -0.4 is 17.0 Å². The summed E-state index contributed by atoms with van der Waals surface area (Å²) in [4.78, 5) is 23.8. The van der Waals surface area contributed by atoms with Crippen LogP contribution in [0.5, 0.6) is 0 Å². The molecule has 0 amide bonds. The maximum absolute atomic E-state index is 12.5. The van der Waals surface area contributed by atoms with Crippen LogP contribution in [0.3, 0.4) is 0 Å². The fourth-order valence-corrected chi connectivity index (χ4v) is 1.42. The Kier molecular flexibility index (Phi) is 3.58. The maximum atomic E-state index is 12.5. The number of aromatic nitrogens is 2. The van der Waals surface area contributed by atoms with Gasteiger partial charge in [0.05, 0.1) is 4.47 Å². The van der Waals surface area contributed by atoms with Gasteiger partial charge < -0.3 is 5.73 Å². The van der Waals surface area contributed by atoms with Crippen molar-refractivity contribution in [1.82, 2.24) is 9.55 Å². The second-order valence-corrected chi connectivity index (χ2v) is 3.79. The van der Waals surface area contributed by atoms with E-state index >= 15 is 0 Å². The summed E-state index contributed by atoms with van der Waals surface area (Å²) >= 11 is 2.73. The van der Waals surface area contributed by atoms with Gasteiger partial charge in [-0.05, 0) is 15.9 Å². The predicted octanol–water partition coefficient (Wildman–Crippen LogP) is 0.361. The molecule has 0 saturated carbocycles. The second kappa shape index (κ2) is 4.42. The van der Waals surface area contributed by atoms with Gasteiger partial charge in [0.15, 0.2) is 0 Å². The zero-order chi connectivity index (χ0) is 12.5. The van der Waals surface area contributed by atoms with Gasteiger partial charge in [0, 0.05) is 12.7 Å². The van der Waals surface area contributed by atoms with Gasteiger partial charge in [-0.25, -0.2) is 4.79 Å². The summed E-state index contributed by atoms with van der Waals surface area (Å²) < 4.78 is 37.6. The van der Waals surface area contributed by atoms with E-state index in [9.17, 15) is 22.8 Å². The van der Waals surface area contributed by atoms with Crippen molar-refractivity contribution in [3.05, 3.63) is 31.5 Å². The number of hydrogen-bond donors (Lipinski definition) is 2. The molecule has 90 valence electrons. The van der Waals surface area contributed by atoms with Crippen LogP contribution in [0.4, 0.5) is 13.2 Å². The van der Waals surface area contributed by atoms with Crippen molar-refractivity contribution < 1.29 is 13.2 Å². The summed E-state index contributed by atoms with van der Waals surface area (Å²) in [6.45, 7) is -0.790. The number of nitrogens with two attached hydrogens (primary N) is 1. The summed E-state index contributed by atoms with van der Waals surface area (Å²) in [6, 6.07) is -2.16. The highest BCUT2D eigenvalue weighted by molar-refractivity contribution is 9.10. The van der Waals surface area contributed by atoms with Crippen LogP contribution in [0.2, 0.25) is 0 Å². The maximum Gasteiger partial charge on any atom is 0.410 e. The van der Waals surface area contributed by atoms with Gasteiger partial charge in [0.1, 0.15) is 6.04 Å². The van der Waals surface area contributed by atoms with E-state index in [0.29, 0.717) is 4.57 Å². The highest BCUT2D eigenvalue weighted by Gasteiger charge is 2.40. The number of halogens is 4. The third kappa shape index (κ3) is 2.53. The van der Waals surface area contributed by atoms with Crippen LogP contribution in [0.1, 0.15) is 6.04 Å². The molecular weight excluding hydrogens is 295 g/mol. The SMILES string of the molecule is NCC(n1cc(Br)c(=O)[nH]c1=O)C(F)(F)F. The Morgan fingerprint density at radius 3 is 2.50 bits per heavy atom. The summed E-state index contributed by atoms with van der Waals surface area (Å²) in [5, 5.41) is 0.